The molecule has 3 aromatic rings. The van der Waals surface area contributed by atoms with Crippen LogP contribution in [0.4, 0.5) is 5.69 Å². The molecule has 0 saturated heterocycles. The molecule has 2 heterocycles. The second kappa shape index (κ2) is 5.14. The Balaban J connectivity index is 1.99. The molecule has 2 N–H and O–H groups in total. The van der Waals surface area contributed by atoms with E-state index in [4.69, 9.17) is 0 Å². The average Bonchev–Trinajstić information content (AvgIpc) is 2.86. The molecule has 0 radical (unpaired) electrons. The molecule has 22 heavy (non-hydrogen) atoms. The van der Waals surface area contributed by atoms with Crippen LogP contribution in [-0.4, -0.2) is 25.6 Å². The summed E-state index contributed by atoms with van der Waals surface area (Å²) in [6, 6.07) is 6.97. The Morgan fingerprint density at radius 1 is 1.23 bits per heavy atom. The van der Waals surface area contributed by atoms with Gasteiger partial charge in [0.1, 0.15) is 11.3 Å². The zero-order valence-corrected chi connectivity index (χ0v) is 12.6. The van der Waals surface area contributed by atoms with Gasteiger partial charge in [-0.1, -0.05) is 6.07 Å². The second-order valence-electron chi connectivity index (χ2n) is 5.31. The van der Waals surface area contributed by atoms with Gasteiger partial charge in [0.25, 0.3) is 5.91 Å². The summed E-state index contributed by atoms with van der Waals surface area (Å²) in [6.07, 6.45) is 1.48. The molecule has 3 rings (SSSR count). The number of nitrogens with one attached hydrogen (secondary N) is 1. The molecule has 0 aliphatic carbocycles. The molecule has 6 heteroatoms. The maximum Gasteiger partial charge on any atom is 0.261 e. The Kier molecular flexibility index (Phi) is 3.29. The lowest BCUT2D eigenvalue weighted by Gasteiger charge is -2.07. The van der Waals surface area contributed by atoms with Gasteiger partial charge >= 0.3 is 0 Å². The molecule has 6 nitrogen and oxygen atoms in total. The molecule has 0 unspecified atom stereocenters. The SMILES string of the molecule is Cc1ccc(NC(=O)c2cnn3c(C)cc(C)nc23)c(O)c1. The lowest BCUT2D eigenvalue weighted by molar-refractivity contribution is 0.102. The topological polar surface area (TPSA) is 79.5 Å². The Bertz CT molecular complexity index is 883. The zero-order valence-electron chi connectivity index (χ0n) is 12.6. The van der Waals surface area contributed by atoms with E-state index >= 15 is 0 Å². The van der Waals surface area contributed by atoms with Gasteiger partial charge in [-0.3, -0.25) is 4.79 Å². The van der Waals surface area contributed by atoms with Gasteiger partial charge in [-0.2, -0.15) is 5.10 Å². The van der Waals surface area contributed by atoms with Crippen LogP contribution in [0.3, 0.4) is 0 Å². The van der Waals surface area contributed by atoms with Crippen molar-refractivity contribution in [1.82, 2.24) is 14.6 Å². The van der Waals surface area contributed by atoms with Gasteiger partial charge < -0.3 is 10.4 Å². The molecule has 0 fully saturated rings. The minimum absolute atomic E-state index is 0.0325. The highest BCUT2D eigenvalue weighted by Gasteiger charge is 2.16. The smallest absolute Gasteiger partial charge is 0.261 e. The first-order chi connectivity index (χ1) is 10.5. The Morgan fingerprint density at radius 3 is 2.73 bits per heavy atom. The number of aryl methyl sites for hydroxylation is 3. The number of anilines is 1. The number of carbonyl (C=O) groups excluding carboxylic acids is 1. The Morgan fingerprint density at radius 2 is 2.00 bits per heavy atom. The van der Waals surface area contributed by atoms with Crippen LogP contribution in [0.5, 0.6) is 5.75 Å². The molecule has 0 aliphatic heterocycles. The molecule has 0 atom stereocenters. The molecular formula is C16H16N4O2. The van der Waals surface area contributed by atoms with Crippen molar-refractivity contribution in [3.05, 3.63) is 53.0 Å². The molecule has 1 aromatic carbocycles. The Hall–Kier alpha value is -2.89. The van der Waals surface area contributed by atoms with Crippen LogP contribution in [0, 0.1) is 20.8 Å². The highest BCUT2D eigenvalue weighted by Crippen LogP contribution is 2.25. The van der Waals surface area contributed by atoms with Crippen LogP contribution >= 0.6 is 0 Å². The number of nitrogens with zero attached hydrogens (tertiary/aromatic N) is 3. The van der Waals surface area contributed by atoms with Crippen molar-refractivity contribution < 1.29 is 9.90 Å². The van der Waals surface area contributed by atoms with Gasteiger partial charge in [0.15, 0.2) is 5.65 Å². The van der Waals surface area contributed by atoms with E-state index in [0.717, 1.165) is 17.0 Å². The largest absolute Gasteiger partial charge is 0.506 e. The van der Waals surface area contributed by atoms with E-state index in [1.807, 2.05) is 32.9 Å². The van der Waals surface area contributed by atoms with E-state index in [0.29, 0.717) is 16.9 Å². The van der Waals surface area contributed by atoms with Gasteiger partial charge in [0.05, 0.1) is 11.9 Å². The number of benzene rings is 1. The minimum Gasteiger partial charge on any atom is -0.506 e. The number of aromatic nitrogens is 3. The molecular weight excluding hydrogens is 280 g/mol. The van der Waals surface area contributed by atoms with Crippen molar-refractivity contribution in [2.75, 3.05) is 5.32 Å². The number of fused-ring (bicyclic) bond motifs is 1. The van der Waals surface area contributed by atoms with Gasteiger partial charge in [-0.15, -0.1) is 0 Å². The number of carbonyl (C=O) groups is 1. The van der Waals surface area contributed by atoms with Crippen LogP contribution in [0.1, 0.15) is 27.3 Å². The number of rotatable bonds is 2. The van der Waals surface area contributed by atoms with Gasteiger partial charge in [0.2, 0.25) is 0 Å². The summed E-state index contributed by atoms with van der Waals surface area (Å²) in [7, 11) is 0. The lowest BCUT2D eigenvalue weighted by Crippen LogP contribution is -2.12. The lowest BCUT2D eigenvalue weighted by atomic mass is 10.2. The van der Waals surface area contributed by atoms with Crippen LogP contribution < -0.4 is 5.32 Å². The van der Waals surface area contributed by atoms with Crippen LogP contribution in [0.15, 0.2) is 30.5 Å². The third-order valence-electron chi connectivity index (χ3n) is 3.42. The van der Waals surface area contributed by atoms with Gasteiger partial charge in [-0.25, -0.2) is 9.50 Å². The van der Waals surface area contributed by atoms with Crippen molar-refractivity contribution in [1.29, 1.82) is 0 Å². The summed E-state index contributed by atoms with van der Waals surface area (Å²) < 4.78 is 1.62. The number of hydrogen-bond acceptors (Lipinski definition) is 4. The standard InChI is InChI=1S/C16H16N4O2/c1-9-4-5-13(14(21)6-9)19-16(22)12-8-17-20-11(3)7-10(2)18-15(12)20/h4-8,21H,1-3H3,(H,19,22). The van der Waals surface area contributed by atoms with E-state index < -0.39 is 0 Å². The Labute approximate surface area is 127 Å². The number of aromatic hydroxyl groups is 1. The van der Waals surface area contributed by atoms with Crippen molar-refractivity contribution in [3.63, 3.8) is 0 Å². The minimum atomic E-state index is -0.355. The summed E-state index contributed by atoms with van der Waals surface area (Å²) in [5.41, 5.74) is 3.87. The fourth-order valence-corrected chi connectivity index (χ4v) is 2.37. The van der Waals surface area contributed by atoms with Crippen molar-refractivity contribution in [2.24, 2.45) is 0 Å². The average molecular weight is 296 g/mol. The summed E-state index contributed by atoms with van der Waals surface area (Å²) >= 11 is 0. The maximum absolute atomic E-state index is 12.4. The summed E-state index contributed by atoms with van der Waals surface area (Å²) in [6.45, 7) is 5.64. The molecule has 0 bridgehead atoms. The van der Waals surface area contributed by atoms with E-state index in [-0.39, 0.29) is 11.7 Å². The summed E-state index contributed by atoms with van der Waals surface area (Å²) in [4.78, 5) is 16.8. The van der Waals surface area contributed by atoms with Crippen LogP contribution in [-0.2, 0) is 0 Å². The van der Waals surface area contributed by atoms with E-state index in [1.54, 1.807) is 16.6 Å². The first-order valence-corrected chi connectivity index (χ1v) is 6.88. The number of hydrogen-bond donors (Lipinski definition) is 2. The van der Waals surface area contributed by atoms with E-state index in [2.05, 4.69) is 15.4 Å². The van der Waals surface area contributed by atoms with E-state index in [9.17, 15) is 9.90 Å². The monoisotopic (exact) mass is 296 g/mol. The van der Waals surface area contributed by atoms with Crippen molar-refractivity contribution >= 4 is 17.2 Å². The summed E-state index contributed by atoms with van der Waals surface area (Å²) in [5.74, 6) is -0.322. The van der Waals surface area contributed by atoms with Gasteiger partial charge in [0, 0.05) is 11.4 Å². The quantitative estimate of drug-likeness (QED) is 0.712. The molecule has 0 spiro atoms. The van der Waals surface area contributed by atoms with Crippen molar-refractivity contribution in [3.8, 4) is 5.75 Å². The highest BCUT2D eigenvalue weighted by molar-refractivity contribution is 6.08. The third-order valence-corrected chi connectivity index (χ3v) is 3.42. The first-order valence-electron chi connectivity index (χ1n) is 6.88. The number of phenolic OH excluding ortho intramolecular Hbond substituents is 1. The predicted molar refractivity (Wildman–Crippen MR) is 83.3 cm³/mol. The normalized spacial score (nSPS) is 10.9. The van der Waals surface area contributed by atoms with Gasteiger partial charge in [-0.05, 0) is 44.5 Å². The predicted octanol–water partition coefficient (Wildman–Crippen LogP) is 2.61. The third kappa shape index (κ3) is 2.39. The second-order valence-corrected chi connectivity index (χ2v) is 5.31. The molecule has 2 aromatic heterocycles. The number of phenols is 1. The molecule has 112 valence electrons. The fourth-order valence-electron chi connectivity index (χ4n) is 2.37. The fraction of sp³-hybridized carbons (Fsp3) is 0.188. The molecule has 0 aliphatic rings. The van der Waals surface area contributed by atoms with Crippen molar-refractivity contribution in [2.45, 2.75) is 20.8 Å². The summed E-state index contributed by atoms with van der Waals surface area (Å²) in [5, 5.41) is 16.8. The first kappa shape index (κ1) is 14.1. The molecule has 0 saturated carbocycles. The highest BCUT2D eigenvalue weighted by atomic mass is 16.3. The van der Waals surface area contributed by atoms with Crippen LogP contribution in [0.25, 0.3) is 5.65 Å². The number of amides is 1. The van der Waals surface area contributed by atoms with E-state index in [1.165, 1.54) is 6.20 Å². The molecule has 1 amide bonds. The zero-order chi connectivity index (χ0) is 15.9. The van der Waals surface area contributed by atoms with Crippen LogP contribution in [0.2, 0.25) is 0 Å². The maximum atomic E-state index is 12.4.